The molecule has 25 heavy (non-hydrogen) atoms. The maximum atomic E-state index is 13.0. The second-order valence-electron chi connectivity index (χ2n) is 6.50. The molecule has 5 heteroatoms. The molecule has 0 saturated carbocycles. The maximum Gasteiger partial charge on any atom is 0.404 e. The zero-order valence-electron chi connectivity index (χ0n) is 14.1. The number of hydrogen-bond acceptors (Lipinski definition) is 2. The number of amides is 1. The van der Waals surface area contributed by atoms with Crippen LogP contribution in [0.25, 0.3) is 11.1 Å². The van der Waals surface area contributed by atoms with Crippen molar-refractivity contribution < 1.29 is 14.3 Å². The fourth-order valence-electron chi connectivity index (χ4n) is 3.37. The SMILES string of the molecule is O=C(O)NCCC1CCN(c2ccc(-c3ccc(F)cc3)cc2)CC1. The summed E-state index contributed by atoms with van der Waals surface area (Å²) in [4.78, 5) is 12.9. The Kier molecular flexibility index (Phi) is 5.53. The Hall–Kier alpha value is -2.56. The third-order valence-corrected chi connectivity index (χ3v) is 4.85. The summed E-state index contributed by atoms with van der Waals surface area (Å²) in [5, 5.41) is 11.1. The molecule has 0 atom stereocenters. The highest BCUT2D eigenvalue weighted by atomic mass is 19.1. The third-order valence-electron chi connectivity index (χ3n) is 4.85. The van der Waals surface area contributed by atoms with E-state index in [0.717, 1.165) is 43.5 Å². The lowest BCUT2D eigenvalue weighted by Crippen LogP contribution is -2.35. The number of nitrogens with one attached hydrogen (secondary N) is 1. The van der Waals surface area contributed by atoms with Crippen molar-refractivity contribution in [2.45, 2.75) is 19.3 Å². The molecule has 0 unspecified atom stereocenters. The Labute approximate surface area is 147 Å². The highest BCUT2D eigenvalue weighted by molar-refractivity contribution is 5.66. The Balaban J connectivity index is 1.53. The molecule has 0 radical (unpaired) electrons. The molecule has 0 aliphatic carbocycles. The van der Waals surface area contributed by atoms with E-state index in [9.17, 15) is 9.18 Å². The first-order valence-electron chi connectivity index (χ1n) is 8.69. The van der Waals surface area contributed by atoms with Gasteiger partial charge in [0.25, 0.3) is 0 Å². The van der Waals surface area contributed by atoms with E-state index in [1.165, 1.54) is 17.8 Å². The molecule has 2 aromatic rings. The summed E-state index contributed by atoms with van der Waals surface area (Å²) in [5.74, 6) is 0.364. The molecule has 1 fully saturated rings. The van der Waals surface area contributed by atoms with Crippen LogP contribution in [0, 0.1) is 11.7 Å². The van der Waals surface area contributed by atoms with Gasteiger partial charge in [0.15, 0.2) is 0 Å². The van der Waals surface area contributed by atoms with E-state index >= 15 is 0 Å². The first-order valence-corrected chi connectivity index (χ1v) is 8.69. The van der Waals surface area contributed by atoms with E-state index in [4.69, 9.17) is 5.11 Å². The van der Waals surface area contributed by atoms with Gasteiger partial charge in [0.05, 0.1) is 0 Å². The van der Waals surface area contributed by atoms with Crippen molar-refractivity contribution in [1.82, 2.24) is 5.32 Å². The minimum Gasteiger partial charge on any atom is -0.465 e. The first-order chi connectivity index (χ1) is 12.1. The van der Waals surface area contributed by atoms with Crippen LogP contribution in [0.1, 0.15) is 19.3 Å². The summed E-state index contributed by atoms with van der Waals surface area (Å²) in [7, 11) is 0. The molecule has 2 N–H and O–H groups in total. The molecule has 0 bridgehead atoms. The fraction of sp³-hybridized carbons (Fsp3) is 0.350. The summed E-state index contributed by atoms with van der Waals surface area (Å²) in [6.07, 6.45) is 2.13. The van der Waals surface area contributed by atoms with Crippen molar-refractivity contribution >= 4 is 11.8 Å². The van der Waals surface area contributed by atoms with Gasteiger partial charge in [0, 0.05) is 25.3 Å². The maximum absolute atomic E-state index is 13.0. The molecule has 132 valence electrons. The number of anilines is 1. The van der Waals surface area contributed by atoms with Gasteiger partial charge >= 0.3 is 6.09 Å². The molecule has 1 aliphatic rings. The van der Waals surface area contributed by atoms with Crippen LogP contribution in [0.5, 0.6) is 0 Å². The lowest BCUT2D eigenvalue weighted by molar-refractivity contribution is 0.193. The number of hydrogen-bond donors (Lipinski definition) is 2. The van der Waals surface area contributed by atoms with Gasteiger partial charge in [-0.05, 0) is 60.6 Å². The van der Waals surface area contributed by atoms with Gasteiger partial charge in [0.2, 0.25) is 0 Å². The zero-order valence-corrected chi connectivity index (χ0v) is 14.1. The van der Waals surface area contributed by atoms with E-state index < -0.39 is 6.09 Å². The summed E-state index contributed by atoms with van der Waals surface area (Å²) < 4.78 is 13.0. The smallest absolute Gasteiger partial charge is 0.404 e. The van der Waals surface area contributed by atoms with Gasteiger partial charge in [-0.25, -0.2) is 9.18 Å². The van der Waals surface area contributed by atoms with Crippen molar-refractivity contribution in [3.8, 4) is 11.1 Å². The van der Waals surface area contributed by atoms with E-state index in [2.05, 4.69) is 34.5 Å². The third kappa shape index (κ3) is 4.72. The number of nitrogens with zero attached hydrogens (tertiary/aromatic N) is 1. The molecular weight excluding hydrogens is 319 g/mol. The van der Waals surface area contributed by atoms with Gasteiger partial charge in [-0.3, -0.25) is 0 Å². The number of halogens is 1. The Morgan fingerprint density at radius 3 is 2.16 bits per heavy atom. The first kappa shape index (κ1) is 17.3. The van der Waals surface area contributed by atoms with Crippen LogP contribution in [0.2, 0.25) is 0 Å². The van der Waals surface area contributed by atoms with Crippen molar-refractivity contribution in [3.05, 3.63) is 54.3 Å². The highest BCUT2D eigenvalue weighted by Gasteiger charge is 2.19. The second-order valence-corrected chi connectivity index (χ2v) is 6.50. The minimum absolute atomic E-state index is 0.221. The molecule has 2 aromatic carbocycles. The predicted molar refractivity (Wildman–Crippen MR) is 97.4 cm³/mol. The molecule has 1 saturated heterocycles. The van der Waals surface area contributed by atoms with Gasteiger partial charge < -0.3 is 15.3 Å². The summed E-state index contributed by atoms with van der Waals surface area (Å²) >= 11 is 0. The van der Waals surface area contributed by atoms with Gasteiger partial charge in [-0.2, -0.15) is 0 Å². The van der Waals surface area contributed by atoms with Crippen LogP contribution in [0.4, 0.5) is 14.9 Å². The standard InChI is InChI=1S/C20H23FN2O2/c21-18-5-1-16(2-6-18)17-3-7-19(8-4-17)23-13-10-15(11-14-23)9-12-22-20(24)25/h1-8,15,22H,9-14H2,(H,24,25). The van der Waals surface area contributed by atoms with Crippen molar-refractivity contribution in [2.24, 2.45) is 5.92 Å². The highest BCUT2D eigenvalue weighted by Crippen LogP contribution is 2.27. The molecule has 1 amide bonds. The quantitative estimate of drug-likeness (QED) is 0.848. The summed E-state index contributed by atoms with van der Waals surface area (Å²) in [6, 6.07) is 14.9. The monoisotopic (exact) mass is 342 g/mol. The van der Waals surface area contributed by atoms with Gasteiger partial charge in [0.1, 0.15) is 5.82 Å². The van der Waals surface area contributed by atoms with Crippen molar-refractivity contribution in [2.75, 3.05) is 24.5 Å². The lowest BCUT2D eigenvalue weighted by atomic mass is 9.93. The molecule has 1 aliphatic heterocycles. The van der Waals surface area contributed by atoms with Crippen LogP contribution < -0.4 is 10.2 Å². The lowest BCUT2D eigenvalue weighted by Gasteiger charge is -2.33. The number of benzene rings is 2. The second kappa shape index (κ2) is 8.01. The van der Waals surface area contributed by atoms with E-state index in [1.807, 2.05) is 0 Å². The summed E-state index contributed by atoms with van der Waals surface area (Å²) in [5.41, 5.74) is 3.30. The average Bonchev–Trinajstić information content (AvgIpc) is 2.63. The van der Waals surface area contributed by atoms with E-state index in [-0.39, 0.29) is 5.82 Å². The molecule has 0 aromatic heterocycles. The molecule has 1 heterocycles. The molecule has 3 rings (SSSR count). The average molecular weight is 342 g/mol. The fourth-order valence-corrected chi connectivity index (χ4v) is 3.37. The Bertz CT molecular complexity index is 693. The van der Waals surface area contributed by atoms with Crippen LogP contribution >= 0.6 is 0 Å². The molecule has 4 nitrogen and oxygen atoms in total. The number of carboxylic acid groups (broad SMARTS) is 1. The number of carbonyl (C=O) groups is 1. The van der Waals surface area contributed by atoms with Crippen molar-refractivity contribution in [1.29, 1.82) is 0 Å². The number of piperidine rings is 1. The van der Waals surface area contributed by atoms with Gasteiger partial charge in [-0.1, -0.05) is 24.3 Å². The zero-order chi connectivity index (χ0) is 17.6. The minimum atomic E-state index is -0.946. The molecular formula is C20H23FN2O2. The molecule has 0 spiro atoms. The topological polar surface area (TPSA) is 52.6 Å². The Morgan fingerprint density at radius 1 is 1.04 bits per heavy atom. The van der Waals surface area contributed by atoms with Crippen LogP contribution in [0.15, 0.2) is 48.5 Å². The predicted octanol–water partition coefficient (Wildman–Crippen LogP) is 4.37. The number of rotatable bonds is 5. The Morgan fingerprint density at radius 2 is 1.60 bits per heavy atom. The van der Waals surface area contributed by atoms with Gasteiger partial charge in [-0.15, -0.1) is 0 Å². The van der Waals surface area contributed by atoms with Crippen LogP contribution in [-0.4, -0.2) is 30.8 Å². The van der Waals surface area contributed by atoms with E-state index in [0.29, 0.717) is 12.5 Å². The van der Waals surface area contributed by atoms with E-state index in [1.54, 1.807) is 12.1 Å². The largest absolute Gasteiger partial charge is 0.465 e. The van der Waals surface area contributed by atoms with Crippen molar-refractivity contribution in [3.63, 3.8) is 0 Å². The van der Waals surface area contributed by atoms with Crippen LogP contribution in [-0.2, 0) is 0 Å². The normalized spacial score (nSPS) is 15.2. The summed E-state index contributed by atoms with van der Waals surface area (Å²) in [6.45, 7) is 2.52. The van der Waals surface area contributed by atoms with Crippen LogP contribution in [0.3, 0.4) is 0 Å².